The van der Waals surface area contributed by atoms with Crippen molar-refractivity contribution >= 4 is 5.69 Å². The summed E-state index contributed by atoms with van der Waals surface area (Å²) in [6.45, 7) is 0.106. The topological polar surface area (TPSA) is 91.9 Å². The lowest BCUT2D eigenvalue weighted by Crippen LogP contribution is -1.96. The van der Waals surface area contributed by atoms with Crippen LogP contribution >= 0.6 is 0 Å². The van der Waals surface area contributed by atoms with Crippen molar-refractivity contribution < 1.29 is 13.7 Å². The third-order valence-corrected chi connectivity index (χ3v) is 1.86. The first-order valence-electron chi connectivity index (χ1n) is 4.69. The Morgan fingerprint density at radius 2 is 2.17 bits per heavy atom. The molecule has 0 bridgehead atoms. The van der Waals surface area contributed by atoms with Crippen LogP contribution in [-0.4, -0.2) is 11.5 Å². The van der Waals surface area contributed by atoms with E-state index in [9.17, 15) is 18.9 Å². The van der Waals surface area contributed by atoms with E-state index < -0.39 is 22.2 Å². The van der Waals surface area contributed by atoms with Gasteiger partial charge in [0.1, 0.15) is 5.82 Å². The molecule has 0 unspecified atom stereocenters. The Bertz CT molecular complexity index is 586. The average Bonchev–Trinajstić information content (AvgIpc) is 2.30. The van der Waals surface area contributed by atoms with Gasteiger partial charge in [0.15, 0.2) is 0 Å². The Labute approximate surface area is 100 Å². The highest BCUT2D eigenvalue weighted by Crippen LogP contribution is 2.20. The summed E-state index contributed by atoms with van der Waals surface area (Å²) in [6, 6.07) is 1.14. The van der Waals surface area contributed by atoms with E-state index in [1.54, 1.807) is 0 Å². The minimum absolute atomic E-state index is 0.106. The summed E-state index contributed by atoms with van der Waals surface area (Å²) in [6.07, 6.45) is 0.175. The van der Waals surface area contributed by atoms with Crippen molar-refractivity contribution in [2.24, 2.45) is 5.11 Å². The lowest BCUT2D eigenvalue weighted by molar-refractivity contribution is -0.387. The largest absolute Gasteiger partial charge is 0.306 e. The van der Waals surface area contributed by atoms with Crippen molar-refractivity contribution in [1.29, 1.82) is 0 Å². The molecule has 0 aliphatic heterocycles. The molecule has 0 aliphatic rings. The number of azide groups is 1. The maximum atomic E-state index is 13.2. The second-order valence-electron chi connectivity index (χ2n) is 3.05. The zero-order chi connectivity index (χ0) is 13.5. The van der Waals surface area contributed by atoms with Crippen LogP contribution in [0.5, 0.6) is 0 Å². The molecule has 0 saturated carbocycles. The highest BCUT2D eigenvalue weighted by atomic mass is 19.1. The van der Waals surface area contributed by atoms with E-state index in [0.29, 0.717) is 6.07 Å². The van der Waals surface area contributed by atoms with E-state index in [2.05, 4.69) is 21.9 Å². The average molecular weight is 252 g/mol. The molecule has 1 rings (SSSR count). The van der Waals surface area contributed by atoms with Gasteiger partial charge in [0.2, 0.25) is 5.82 Å². The minimum Gasteiger partial charge on any atom is -0.258 e. The molecule has 8 heteroatoms. The molecule has 0 amide bonds. The zero-order valence-electron chi connectivity index (χ0n) is 8.93. The van der Waals surface area contributed by atoms with Crippen molar-refractivity contribution in [3.8, 4) is 11.8 Å². The summed E-state index contributed by atoms with van der Waals surface area (Å²) in [5, 5.41) is 13.6. The van der Waals surface area contributed by atoms with Crippen LogP contribution in [0.2, 0.25) is 0 Å². The van der Waals surface area contributed by atoms with Crippen LogP contribution in [0.15, 0.2) is 17.2 Å². The predicted molar refractivity (Wildman–Crippen MR) is 58.5 cm³/mol. The normalized spacial score (nSPS) is 9.00. The number of nitrogens with zero attached hydrogens (tertiary/aromatic N) is 4. The van der Waals surface area contributed by atoms with Gasteiger partial charge in [-0.2, -0.15) is 4.39 Å². The van der Waals surface area contributed by atoms with Crippen LogP contribution in [0.3, 0.4) is 0 Å². The van der Waals surface area contributed by atoms with Crippen molar-refractivity contribution in [3.05, 3.63) is 49.9 Å². The molecular weight excluding hydrogens is 246 g/mol. The Hall–Kier alpha value is -2.65. The third-order valence-electron chi connectivity index (χ3n) is 1.86. The van der Waals surface area contributed by atoms with Crippen molar-refractivity contribution in [3.63, 3.8) is 0 Å². The SMILES string of the molecule is [N-]=[N+]=NCCC#Cc1cc([N+](=O)[O-])c(F)cc1F. The number of hydrogen-bond donors (Lipinski definition) is 0. The van der Waals surface area contributed by atoms with E-state index in [1.165, 1.54) is 0 Å². The Balaban J connectivity index is 2.98. The quantitative estimate of drug-likeness (QED) is 0.157. The van der Waals surface area contributed by atoms with Gasteiger partial charge in [0, 0.05) is 30.0 Å². The van der Waals surface area contributed by atoms with Crippen LogP contribution in [0.4, 0.5) is 14.5 Å². The summed E-state index contributed by atoms with van der Waals surface area (Å²) >= 11 is 0. The highest BCUT2D eigenvalue weighted by molar-refractivity contribution is 5.45. The molecule has 1 aromatic carbocycles. The van der Waals surface area contributed by atoms with Gasteiger partial charge in [-0.05, 0) is 5.53 Å². The number of halogens is 2. The fourth-order valence-corrected chi connectivity index (χ4v) is 1.08. The zero-order valence-corrected chi connectivity index (χ0v) is 8.93. The summed E-state index contributed by atoms with van der Waals surface area (Å²) in [7, 11) is 0. The molecule has 6 nitrogen and oxygen atoms in total. The molecule has 0 aliphatic carbocycles. The van der Waals surface area contributed by atoms with Gasteiger partial charge >= 0.3 is 5.69 Å². The number of rotatable bonds is 3. The smallest absolute Gasteiger partial charge is 0.258 e. The van der Waals surface area contributed by atoms with Gasteiger partial charge in [-0.15, -0.1) is 0 Å². The molecule has 0 spiro atoms. The molecule has 0 heterocycles. The van der Waals surface area contributed by atoms with Gasteiger partial charge < -0.3 is 0 Å². The molecular formula is C10H6F2N4O2. The molecule has 92 valence electrons. The maximum Gasteiger partial charge on any atom is 0.306 e. The molecule has 18 heavy (non-hydrogen) atoms. The van der Waals surface area contributed by atoms with Crippen molar-refractivity contribution in [1.82, 2.24) is 0 Å². The summed E-state index contributed by atoms with van der Waals surface area (Å²) in [5.41, 5.74) is 6.88. The summed E-state index contributed by atoms with van der Waals surface area (Å²) < 4.78 is 26.2. The summed E-state index contributed by atoms with van der Waals surface area (Å²) in [5.74, 6) is 2.55. The fraction of sp³-hybridized carbons (Fsp3) is 0.200. The van der Waals surface area contributed by atoms with Crippen molar-refractivity contribution in [2.45, 2.75) is 6.42 Å². The van der Waals surface area contributed by atoms with Gasteiger partial charge in [0.25, 0.3) is 0 Å². The third kappa shape index (κ3) is 3.43. The maximum absolute atomic E-state index is 13.2. The molecule has 0 saturated heterocycles. The molecule has 0 fully saturated rings. The number of hydrogen-bond acceptors (Lipinski definition) is 3. The lowest BCUT2D eigenvalue weighted by atomic mass is 10.2. The molecule has 0 aromatic heterocycles. The lowest BCUT2D eigenvalue weighted by Gasteiger charge is -1.97. The molecule has 0 N–H and O–H groups in total. The van der Waals surface area contributed by atoms with Crippen LogP contribution in [0, 0.1) is 33.6 Å². The number of benzene rings is 1. The van der Waals surface area contributed by atoms with E-state index >= 15 is 0 Å². The predicted octanol–water partition coefficient (Wildman–Crippen LogP) is 2.92. The van der Waals surface area contributed by atoms with Gasteiger partial charge in [-0.25, -0.2) is 4.39 Å². The van der Waals surface area contributed by atoms with Gasteiger partial charge in [0.05, 0.1) is 10.5 Å². The fourth-order valence-electron chi connectivity index (χ4n) is 1.08. The highest BCUT2D eigenvalue weighted by Gasteiger charge is 2.17. The standard InChI is InChI=1S/C10H6F2N4O2/c11-8-6-9(12)10(16(17)18)5-7(8)3-1-2-4-14-15-13/h5-6H,2,4H2. The monoisotopic (exact) mass is 252 g/mol. The second-order valence-corrected chi connectivity index (χ2v) is 3.05. The van der Waals surface area contributed by atoms with Crippen LogP contribution in [0.25, 0.3) is 10.4 Å². The Morgan fingerprint density at radius 1 is 1.44 bits per heavy atom. The van der Waals surface area contributed by atoms with Crippen molar-refractivity contribution in [2.75, 3.05) is 6.54 Å². The van der Waals surface area contributed by atoms with Gasteiger partial charge in [-0.1, -0.05) is 17.0 Å². The minimum atomic E-state index is -1.25. The van der Waals surface area contributed by atoms with Crippen LogP contribution < -0.4 is 0 Å². The first kappa shape index (κ1) is 13.4. The first-order valence-corrected chi connectivity index (χ1v) is 4.69. The molecule has 1 aromatic rings. The first-order chi connectivity index (χ1) is 8.56. The second kappa shape index (κ2) is 6.18. The Morgan fingerprint density at radius 3 is 2.78 bits per heavy atom. The van der Waals surface area contributed by atoms with Crippen LogP contribution in [-0.2, 0) is 0 Å². The Kier molecular flexibility index (Phi) is 4.60. The molecule has 0 radical (unpaired) electrons. The van der Waals surface area contributed by atoms with Crippen LogP contribution in [0.1, 0.15) is 12.0 Å². The van der Waals surface area contributed by atoms with E-state index in [1.807, 2.05) is 0 Å². The summed E-state index contributed by atoms with van der Waals surface area (Å²) in [4.78, 5) is 12.0. The van der Waals surface area contributed by atoms with Gasteiger partial charge in [-0.3, -0.25) is 10.1 Å². The van der Waals surface area contributed by atoms with E-state index in [4.69, 9.17) is 5.53 Å². The van der Waals surface area contributed by atoms with E-state index in [-0.39, 0.29) is 18.5 Å². The van der Waals surface area contributed by atoms with E-state index in [0.717, 1.165) is 6.07 Å². The number of nitro benzene ring substituents is 1. The number of nitro groups is 1. The molecule has 0 atom stereocenters.